The van der Waals surface area contributed by atoms with E-state index in [1.54, 1.807) is 0 Å². The molecule has 0 aliphatic heterocycles. The molecule has 1 nitrogen and oxygen atoms in total. The molecule has 15 heavy (non-hydrogen) atoms. The van der Waals surface area contributed by atoms with E-state index in [9.17, 15) is 4.79 Å². The summed E-state index contributed by atoms with van der Waals surface area (Å²) in [4.78, 5) is 11.2. The first kappa shape index (κ1) is 12.2. The first-order chi connectivity index (χ1) is 7.22. The van der Waals surface area contributed by atoms with Crippen LogP contribution in [0, 0.1) is 5.41 Å². The van der Waals surface area contributed by atoms with Crippen molar-refractivity contribution in [2.45, 2.75) is 52.4 Å². The normalized spacial score (nSPS) is 26.7. The Morgan fingerprint density at radius 2 is 2.27 bits per heavy atom. The van der Waals surface area contributed by atoms with Gasteiger partial charge in [-0.3, -0.25) is 0 Å². The maximum absolute atomic E-state index is 11.2. The Morgan fingerprint density at radius 3 is 2.80 bits per heavy atom. The van der Waals surface area contributed by atoms with Gasteiger partial charge in [0.2, 0.25) is 0 Å². The van der Waals surface area contributed by atoms with Gasteiger partial charge in [-0.15, -0.1) is 0 Å². The van der Waals surface area contributed by atoms with Crippen LogP contribution in [-0.4, -0.2) is 6.29 Å². The maximum Gasteiger partial charge on any atom is 0.126 e. The van der Waals surface area contributed by atoms with Crippen LogP contribution in [-0.2, 0) is 4.79 Å². The molecule has 0 aromatic rings. The van der Waals surface area contributed by atoms with Gasteiger partial charge in [-0.05, 0) is 39.0 Å². The molecule has 0 aromatic carbocycles. The van der Waals surface area contributed by atoms with Gasteiger partial charge >= 0.3 is 0 Å². The van der Waals surface area contributed by atoms with Gasteiger partial charge in [0.25, 0.3) is 0 Å². The van der Waals surface area contributed by atoms with Crippen LogP contribution in [0.15, 0.2) is 23.8 Å². The van der Waals surface area contributed by atoms with Gasteiger partial charge in [0.05, 0.1) is 0 Å². The van der Waals surface area contributed by atoms with Crippen molar-refractivity contribution < 1.29 is 4.79 Å². The van der Waals surface area contributed by atoms with Crippen molar-refractivity contribution in [2.75, 3.05) is 0 Å². The monoisotopic (exact) mass is 206 g/mol. The zero-order valence-corrected chi connectivity index (χ0v) is 9.96. The van der Waals surface area contributed by atoms with E-state index in [4.69, 9.17) is 0 Å². The van der Waals surface area contributed by atoms with Gasteiger partial charge in [0.15, 0.2) is 0 Å². The minimum absolute atomic E-state index is 0.0942. The summed E-state index contributed by atoms with van der Waals surface area (Å²) in [6, 6.07) is 0. The minimum Gasteiger partial charge on any atom is -0.303 e. The fourth-order valence-electron chi connectivity index (χ4n) is 2.24. The third-order valence-electron chi connectivity index (χ3n) is 3.16. The van der Waals surface area contributed by atoms with E-state index in [1.165, 1.54) is 18.3 Å². The van der Waals surface area contributed by atoms with Crippen LogP contribution in [0.5, 0.6) is 0 Å². The lowest BCUT2D eigenvalue weighted by Crippen LogP contribution is -2.24. The molecule has 84 valence electrons. The van der Waals surface area contributed by atoms with Gasteiger partial charge in [-0.25, -0.2) is 0 Å². The van der Waals surface area contributed by atoms with E-state index in [2.05, 4.69) is 32.1 Å². The summed E-state index contributed by atoms with van der Waals surface area (Å²) in [6.45, 7) is 4.34. The number of rotatable bonds is 5. The molecule has 1 atom stereocenters. The van der Waals surface area contributed by atoms with Gasteiger partial charge in [-0.2, -0.15) is 0 Å². The number of allylic oxidation sites excluding steroid dienone is 4. The predicted molar refractivity (Wildman–Crippen MR) is 64.8 cm³/mol. The van der Waals surface area contributed by atoms with Crippen molar-refractivity contribution >= 4 is 6.29 Å². The smallest absolute Gasteiger partial charge is 0.126 e. The highest BCUT2D eigenvalue weighted by Gasteiger charge is 2.29. The van der Waals surface area contributed by atoms with E-state index in [-0.39, 0.29) is 5.41 Å². The SMILES string of the molecule is CCCC=C(C)CC1(C=O)CC=CCC1. The number of hydrogen-bond donors (Lipinski definition) is 0. The van der Waals surface area contributed by atoms with Crippen molar-refractivity contribution in [3.05, 3.63) is 23.8 Å². The molecule has 0 heterocycles. The molecule has 1 rings (SSSR count). The van der Waals surface area contributed by atoms with Crippen molar-refractivity contribution in [1.82, 2.24) is 0 Å². The largest absolute Gasteiger partial charge is 0.303 e. The summed E-state index contributed by atoms with van der Waals surface area (Å²) in [6.07, 6.45) is 14.1. The third kappa shape index (κ3) is 3.65. The highest BCUT2D eigenvalue weighted by molar-refractivity contribution is 5.61. The van der Waals surface area contributed by atoms with Gasteiger partial charge < -0.3 is 4.79 Å². The van der Waals surface area contributed by atoms with Crippen LogP contribution in [0.2, 0.25) is 0 Å². The zero-order valence-electron chi connectivity index (χ0n) is 9.96. The lowest BCUT2D eigenvalue weighted by atomic mass is 9.74. The molecule has 0 amide bonds. The van der Waals surface area contributed by atoms with Crippen molar-refractivity contribution in [2.24, 2.45) is 5.41 Å². The summed E-state index contributed by atoms with van der Waals surface area (Å²) in [5, 5.41) is 0. The first-order valence-corrected chi connectivity index (χ1v) is 5.99. The molecule has 0 aromatic heterocycles. The van der Waals surface area contributed by atoms with E-state index in [0.29, 0.717) is 0 Å². The van der Waals surface area contributed by atoms with Crippen LogP contribution < -0.4 is 0 Å². The van der Waals surface area contributed by atoms with Crippen LogP contribution in [0.25, 0.3) is 0 Å². The fraction of sp³-hybridized carbons (Fsp3) is 0.643. The second-order valence-corrected chi connectivity index (χ2v) is 4.71. The summed E-state index contributed by atoms with van der Waals surface area (Å²) in [5.74, 6) is 0. The van der Waals surface area contributed by atoms with E-state index < -0.39 is 0 Å². The van der Waals surface area contributed by atoms with Gasteiger partial charge in [-0.1, -0.05) is 37.1 Å². The van der Waals surface area contributed by atoms with Crippen molar-refractivity contribution in [3.8, 4) is 0 Å². The molecule has 0 saturated carbocycles. The lowest BCUT2D eigenvalue weighted by molar-refractivity contribution is -0.116. The Labute approximate surface area is 93.3 Å². The molecule has 1 aliphatic carbocycles. The Kier molecular flexibility index (Phi) is 4.80. The molecule has 0 bridgehead atoms. The fourth-order valence-corrected chi connectivity index (χ4v) is 2.24. The molecular weight excluding hydrogens is 184 g/mol. The summed E-state index contributed by atoms with van der Waals surface area (Å²) in [7, 11) is 0. The number of carbonyl (C=O) groups is 1. The van der Waals surface area contributed by atoms with Crippen molar-refractivity contribution in [1.29, 1.82) is 0 Å². The topological polar surface area (TPSA) is 17.1 Å². The van der Waals surface area contributed by atoms with Crippen LogP contribution in [0.1, 0.15) is 52.4 Å². The van der Waals surface area contributed by atoms with E-state index in [0.717, 1.165) is 32.1 Å². The molecule has 1 heteroatoms. The molecular formula is C14H22O. The molecule has 0 spiro atoms. The molecule has 1 unspecified atom stereocenters. The highest BCUT2D eigenvalue weighted by Crippen LogP contribution is 2.36. The summed E-state index contributed by atoms with van der Waals surface area (Å²) >= 11 is 0. The number of hydrogen-bond acceptors (Lipinski definition) is 1. The lowest BCUT2D eigenvalue weighted by Gasteiger charge is -2.29. The summed E-state index contributed by atoms with van der Waals surface area (Å²) in [5.41, 5.74) is 1.28. The van der Waals surface area contributed by atoms with Crippen LogP contribution in [0.3, 0.4) is 0 Å². The quantitative estimate of drug-likeness (QED) is 0.490. The Bertz CT molecular complexity index is 263. The van der Waals surface area contributed by atoms with E-state index >= 15 is 0 Å². The van der Waals surface area contributed by atoms with Gasteiger partial charge in [0.1, 0.15) is 6.29 Å². The highest BCUT2D eigenvalue weighted by atomic mass is 16.1. The first-order valence-electron chi connectivity index (χ1n) is 5.99. The Balaban J connectivity index is 2.59. The number of unbranched alkanes of at least 4 members (excludes halogenated alkanes) is 1. The Hall–Kier alpha value is -0.850. The average molecular weight is 206 g/mol. The average Bonchev–Trinajstić information content (AvgIpc) is 2.27. The van der Waals surface area contributed by atoms with Gasteiger partial charge in [0, 0.05) is 5.41 Å². The minimum atomic E-state index is -0.0942. The zero-order chi connectivity index (χ0) is 11.1. The third-order valence-corrected chi connectivity index (χ3v) is 3.16. The second kappa shape index (κ2) is 5.89. The van der Waals surface area contributed by atoms with E-state index in [1.807, 2.05) is 0 Å². The molecule has 0 radical (unpaired) electrons. The molecule has 0 fully saturated rings. The number of carbonyl (C=O) groups excluding carboxylic acids is 1. The maximum atomic E-state index is 11.2. The molecule has 0 saturated heterocycles. The Morgan fingerprint density at radius 1 is 1.47 bits per heavy atom. The van der Waals surface area contributed by atoms with Crippen LogP contribution in [0.4, 0.5) is 0 Å². The molecule has 0 N–H and O–H groups in total. The second-order valence-electron chi connectivity index (χ2n) is 4.71. The predicted octanol–water partition coefficient (Wildman–Crippen LogP) is 4.05. The number of aldehydes is 1. The van der Waals surface area contributed by atoms with Crippen molar-refractivity contribution in [3.63, 3.8) is 0 Å². The van der Waals surface area contributed by atoms with Crippen LogP contribution >= 0.6 is 0 Å². The molecule has 1 aliphatic rings. The summed E-state index contributed by atoms with van der Waals surface area (Å²) < 4.78 is 0. The standard InChI is InChI=1S/C14H22O/c1-3-4-8-13(2)11-14(12-15)9-6-5-7-10-14/h5-6,8,12H,3-4,7,9-11H2,1-2H3.